The Morgan fingerprint density at radius 2 is 2.21 bits per heavy atom. The average Bonchev–Trinajstić information content (AvgIpc) is 2.69. The molecule has 0 amide bonds. The maximum Gasteiger partial charge on any atom is 0.343 e. The number of aromatic nitrogens is 5. The molecule has 0 saturated carbocycles. The highest BCUT2D eigenvalue weighted by Crippen LogP contribution is 2.25. The summed E-state index contributed by atoms with van der Waals surface area (Å²) in [6.45, 7) is 4.56. The van der Waals surface area contributed by atoms with Crippen molar-refractivity contribution in [2.24, 2.45) is 0 Å². The minimum Gasteiger partial charge on any atom is -0.270 e. The van der Waals surface area contributed by atoms with Crippen LogP contribution in [-0.2, 0) is 13.0 Å². The second-order valence-corrected chi connectivity index (χ2v) is 5.65. The quantitative estimate of drug-likeness (QED) is 0.842. The van der Waals surface area contributed by atoms with Crippen molar-refractivity contribution in [3.05, 3.63) is 27.0 Å². The molecule has 2 heterocycles. The first-order valence-electron chi connectivity index (χ1n) is 6.00. The molecule has 8 heteroatoms. The zero-order valence-electron chi connectivity index (χ0n) is 10.7. The van der Waals surface area contributed by atoms with Crippen molar-refractivity contribution in [1.82, 2.24) is 24.7 Å². The first-order valence-corrected chi connectivity index (χ1v) is 7.61. The third-order valence-corrected chi connectivity index (χ3v) is 3.75. The molecular weight excluding hydrogens is 330 g/mol. The van der Waals surface area contributed by atoms with Crippen LogP contribution >= 0.6 is 27.7 Å². The molecule has 0 atom stereocenters. The van der Waals surface area contributed by atoms with Crippen LogP contribution in [0.5, 0.6) is 0 Å². The first kappa shape index (κ1) is 14.3. The van der Waals surface area contributed by atoms with Crippen LogP contribution in [0, 0.1) is 0 Å². The van der Waals surface area contributed by atoms with Crippen LogP contribution in [0.1, 0.15) is 26.1 Å². The molecule has 6 nitrogen and oxygen atoms in total. The van der Waals surface area contributed by atoms with Gasteiger partial charge in [-0.05, 0) is 41.0 Å². The Morgan fingerprint density at radius 3 is 2.89 bits per heavy atom. The number of nitrogens with zero attached hydrogens (tertiary/aromatic N) is 4. The van der Waals surface area contributed by atoms with E-state index in [1.165, 1.54) is 11.8 Å². The van der Waals surface area contributed by atoms with Crippen LogP contribution in [0.2, 0.25) is 0 Å². The van der Waals surface area contributed by atoms with Crippen molar-refractivity contribution >= 4 is 27.7 Å². The number of halogens is 1. The zero-order chi connectivity index (χ0) is 13.8. The zero-order valence-corrected chi connectivity index (χ0v) is 13.1. The first-order chi connectivity index (χ1) is 9.13. The molecule has 102 valence electrons. The molecule has 0 aliphatic heterocycles. The van der Waals surface area contributed by atoms with Crippen molar-refractivity contribution in [2.75, 3.05) is 0 Å². The lowest BCUT2D eigenvalue weighted by atomic mass is 10.3. The van der Waals surface area contributed by atoms with Gasteiger partial charge >= 0.3 is 5.69 Å². The van der Waals surface area contributed by atoms with Crippen LogP contribution in [-0.4, -0.2) is 24.7 Å². The lowest BCUT2D eigenvalue weighted by molar-refractivity contribution is 0.659. The maximum atomic E-state index is 11.5. The topological polar surface area (TPSA) is 76.5 Å². The van der Waals surface area contributed by atoms with Gasteiger partial charge in [0.1, 0.15) is 15.5 Å². The summed E-state index contributed by atoms with van der Waals surface area (Å²) < 4.78 is 2.31. The van der Waals surface area contributed by atoms with Crippen molar-refractivity contribution in [1.29, 1.82) is 0 Å². The molecule has 0 fully saturated rings. The summed E-state index contributed by atoms with van der Waals surface area (Å²) in [6, 6.07) is 1.82. The van der Waals surface area contributed by atoms with E-state index in [1.54, 1.807) is 4.57 Å². The molecule has 0 spiro atoms. The largest absolute Gasteiger partial charge is 0.343 e. The molecule has 0 radical (unpaired) electrons. The fraction of sp³-hybridized carbons (Fsp3) is 0.455. The van der Waals surface area contributed by atoms with Crippen molar-refractivity contribution in [3.8, 4) is 0 Å². The predicted octanol–water partition coefficient (Wildman–Crippen LogP) is 2.25. The van der Waals surface area contributed by atoms with Crippen LogP contribution in [0.3, 0.4) is 0 Å². The normalized spacial score (nSPS) is 10.9. The highest BCUT2D eigenvalue weighted by molar-refractivity contribution is 9.10. The summed E-state index contributed by atoms with van der Waals surface area (Å²) in [4.78, 5) is 20.3. The molecule has 0 unspecified atom stereocenters. The van der Waals surface area contributed by atoms with Crippen LogP contribution in [0.4, 0.5) is 0 Å². The van der Waals surface area contributed by atoms with Gasteiger partial charge in [-0.1, -0.05) is 6.92 Å². The standard InChI is InChI=1S/C11H14BrN5OS/c1-3-5-8-13-7(12)6-9(14-8)19-11-16-15-10(18)17(11)4-2/h6H,3-5H2,1-2H3,(H,15,18). The van der Waals surface area contributed by atoms with E-state index in [-0.39, 0.29) is 5.69 Å². The summed E-state index contributed by atoms with van der Waals surface area (Å²) in [5.74, 6) is 0.792. The van der Waals surface area contributed by atoms with Gasteiger partial charge in [0.05, 0.1) is 0 Å². The predicted molar refractivity (Wildman–Crippen MR) is 76.4 cm³/mol. The highest BCUT2D eigenvalue weighted by atomic mass is 79.9. The Kier molecular flexibility index (Phi) is 4.76. The van der Waals surface area contributed by atoms with Crippen molar-refractivity contribution in [3.63, 3.8) is 0 Å². The van der Waals surface area contributed by atoms with Crippen LogP contribution < -0.4 is 5.69 Å². The van der Waals surface area contributed by atoms with Crippen LogP contribution in [0.25, 0.3) is 0 Å². The fourth-order valence-corrected chi connectivity index (χ4v) is 3.08. The van der Waals surface area contributed by atoms with E-state index in [9.17, 15) is 4.79 Å². The van der Waals surface area contributed by atoms with Crippen LogP contribution in [0.15, 0.2) is 25.6 Å². The van der Waals surface area contributed by atoms with Gasteiger partial charge in [-0.15, -0.1) is 5.10 Å². The molecule has 2 aromatic heterocycles. The molecule has 0 aliphatic carbocycles. The van der Waals surface area contributed by atoms with Gasteiger partial charge in [0.15, 0.2) is 5.16 Å². The Balaban J connectivity index is 2.29. The van der Waals surface area contributed by atoms with Gasteiger partial charge in [-0.3, -0.25) is 4.57 Å². The van der Waals surface area contributed by atoms with Crippen molar-refractivity contribution in [2.45, 2.75) is 43.4 Å². The fourth-order valence-electron chi connectivity index (χ4n) is 1.58. The SMILES string of the molecule is CCCc1nc(Br)cc(Sc2n[nH]c(=O)n2CC)n1. The third kappa shape index (κ3) is 3.44. The molecule has 0 aliphatic rings. The number of hydrogen-bond donors (Lipinski definition) is 1. The van der Waals surface area contributed by atoms with Gasteiger partial charge in [0.25, 0.3) is 0 Å². The number of nitrogens with one attached hydrogen (secondary N) is 1. The third-order valence-electron chi connectivity index (χ3n) is 2.43. The molecule has 1 N–H and O–H groups in total. The Morgan fingerprint density at radius 1 is 1.42 bits per heavy atom. The molecular formula is C11H14BrN5OS. The maximum absolute atomic E-state index is 11.5. The summed E-state index contributed by atoms with van der Waals surface area (Å²) >= 11 is 4.73. The van der Waals surface area contributed by atoms with E-state index in [0.29, 0.717) is 11.7 Å². The number of aromatic amines is 1. The summed E-state index contributed by atoms with van der Waals surface area (Å²) in [6.07, 6.45) is 1.82. The van der Waals surface area contributed by atoms with E-state index in [2.05, 4.69) is 43.0 Å². The van der Waals surface area contributed by atoms with Gasteiger partial charge in [-0.2, -0.15) is 0 Å². The second kappa shape index (κ2) is 6.33. The number of aryl methyl sites for hydroxylation is 1. The number of H-pyrrole nitrogens is 1. The summed E-state index contributed by atoms with van der Waals surface area (Å²) in [5.41, 5.74) is -0.202. The summed E-state index contributed by atoms with van der Waals surface area (Å²) in [7, 11) is 0. The molecule has 19 heavy (non-hydrogen) atoms. The van der Waals surface area contributed by atoms with Gasteiger partial charge < -0.3 is 0 Å². The van der Waals surface area contributed by atoms with Gasteiger partial charge in [-0.25, -0.2) is 19.9 Å². The molecule has 2 rings (SSSR count). The number of rotatable bonds is 5. The van der Waals surface area contributed by atoms with E-state index in [4.69, 9.17) is 0 Å². The molecule has 0 bridgehead atoms. The van der Waals surface area contributed by atoms with E-state index < -0.39 is 0 Å². The summed E-state index contributed by atoms with van der Waals surface area (Å²) in [5, 5.41) is 7.83. The minimum atomic E-state index is -0.202. The lowest BCUT2D eigenvalue weighted by Crippen LogP contribution is -2.16. The Labute approximate surface area is 123 Å². The van der Waals surface area contributed by atoms with E-state index >= 15 is 0 Å². The minimum absolute atomic E-state index is 0.202. The monoisotopic (exact) mass is 343 g/mol. The number of hydrogen-bond acceptors (Lipinski definition) is 5. The van der Waals surface area contributed by atoms with Crippen molar-refractivity contribution < 1.29 is 0 Å². The Hall–Kier alpha value is -1.15. The smallest absolute Gasteiger partial charge is 0.270 e. The van der Waals surface area contributed by atoms with Gasteiger partial charge in [0, 0.05) is 19.0 Å². The van der Waals surface area contributed by atoms with Gasteiger partial charge in [0.2, 0.25) is 0 Å². The molecule has 0 aromatic carbocycles. The Bertz CT molecular complexity index is 624. The molecule has 2 aromatic rings. The average molecular weight is 344 g/mol. The second-order valence-electron chi connectivity index (χ2n) is 3.85. The lowest BCUT2D eigenvalue weighted by Gasteiger charge is -2.04. The molecule has 0 saturated heterocycles. The highest BCUT2D eigenvalue weighted by Gasteiger charge is 2.11. The van der Waals surface area contributed by atoms with E-state index in [0.717, 1.165) is 28.3 Å². The van der Waals surface area contributed by atoms with E-state index in [1.807, 2.05) is 13.0 Å².